The molecule has 2 amide bonds. The van der Waals surface area contributed by atoms with Crippen LogP contribution in [0.3, 0.4) is 0 Å². The highest BCUT2D eigenvalue weighted by molar-refractivity contribution is 6.30. The van der Waals surface area contributed by atoms with Gasteiger partial charge < -0.3 is 20.1 Å². The van der Waals surface area contributed by atoms with E-state index in [-0.39, 0.29) is 12.6 Å². The molecule has 1 heterocycles. The summed E-state index contributed by atoms with van der Waals surface area (Å²) >= 11 is 5.93. The molecule has 0 saturated heterocycles. The maximum Gasteiger partial charge on any atom is 0.338 e. The molecule has 27 heavy (non-hydrogen) atoms. The maximum atomic E-state index is 12.7. The van der Waals surface area contributed by atoms with Crippen LogP contribution in [0.15, 0.2) is 59.8 Å². The number of carbonyl (C=O) groups excluding carboxylic acids is 2. The number of urea groups is 1. The molecule has 1 aliphatic rings. The van der Waals surface area contributed by atoms with Gasteiger partial charge in [0.25, 0.3) is 0 Å². The Kier molecular flexibility index (Phi) is 5.66. The Labute approximate surface area is 162 Å². The zero-order valence-electron chi connectivity index (χ0n) is 14.9. The van der Waals surface area contributed by atoms with Gasteiger partial charge in [-0.1, -0.05) is 35.9 Å². The predicted molar refractivity (Wildman–Crippen MR) is 101 cm³/mol. The van der Waals surface area contributed by atoms with Gasteiger partial charge in [-0.2, -0.15) is 0 Å². The van der Waals surface area contributed by atoms with Crippen molar-refractivity contribution in [2.24, 2.45) is 0 Å². The maximum absolute atomic E-state index is 12.7. The fourth-order valence-electron chi connectivity index (χ4n) is 2.82. The van der Waals surface area contributed by atoms with Gasteiger partial charge in [0.1, 0.15) is 12.4 Å². The molecule has 0 fully saturated rings. The van der Waals surface area contributed by atoms with Crippen LogP contribution >= 0.6 is 11.6 Å². The van der Waals surface area contributed by atoms with Gasteiger partial charge in [-0.25, -0.2) is 9.59 Å². The minimum Gasteiger partial charge on any atom is -0.497 e. The SMILES string of the molecule is COc1ccc(COC(=O)C2=C(C)NC(=O)N[C@@H]2c2ccc(Cl)cc2)cc1. The predicted octanol–water partition coefficient (Wildman–Crippen LogP) is 3.72. The Morgan fingerprint density at radius 1 is 1.11 bits per heavy atom. The third kappa shape index (κ3) is 4.41. The van der Waals surface area contributed by atoms with Crippen molar-refractivity contribution in [3.8, 4) is 5.75 Å². The van der Waals surface area contributed by atoms with Gasteiger partial charge >= 0.3 is 12.0 Å². The molecule has 1 aliphatic heterocycles. The number of nitrogens with one attached hydrogen (secondary N) is 2. The Hall–Kier alpha value is -2.99. The van der Waals surface area contributed by atoms with Gasteiger partial charge in [0, 0.05) is 10.7 Å². The van der Waals surface area contributed by atoms with Crippen LogP contribution in [0.4, 0.5) is 4.79 Å². The second-order valence-corrected chi connectivity index (χ2v) is 6.48. The van der Waals surface area contributed by atoms with Crippen LogP contribution in [-0.2, 0) is 16.1 Å². The summed E-state index contributed by atoms with van der Waals surface area (Å²) in [5, 5.41) is 5.95. The second-order valence-electron chi connectivity index (χ2n) is 6.05. The smallest absolute Gasteiger partial charge is 0.338 e. The van der Waals surface area contributed by atoms with E-state index in [4.69, 9.17) is 21.1 Å². The molecule has 6 nitrogen and oxygen atoms in total. The Bertz CT molecular complexity index is 876. The van der Waals surface area contributed by atoms with Crippen molar-refractivity contribution < 1.29 is 19.1 Å². The van der Waals surface area contributed by atoms with Crippen molar-refractivity contribution in [1.29, 1.82) is 0 Å². The van der Waals surface area contributed by atoms with Crippen molar-refractivity contribution in [2.75, 3.05) is 7.11 Å². The van der Waals surface area contributed by atoms with Crippen LogP contribution in [0.5, 0.6) is 5.75 Å². The molecule has 140 valence electrons. The van der Waals surface area contributed by atoms with Crippen LogP contribution in [0, 0.1) is 0 Å². The van der Waals surface area contributed by atoms with Crippen molar-refractivity contribution in [2.45, 2.75) is 19.6 Å². The summed E-state index contributed by atoms with van der Waals surface area (Å²) in [6.45, 7) is 1.78. The molecule has 0 spiro atoms. The highest BCUT2D eigenvalue weighted by Crippen LogP contribution is 2.28. The highest BCUT2D eigenvalue weighted by atomic mass is 35.5. The third-order valence-electron chi connectivity index (χ3n) is 4.22. The molecule has 7 heteroatoms. The average molecular weight is 387 g/mol. The first-order valence-electron chi connectivity index (χ1n) is 8.31. The number of benzene rings is 2. The average Bonchev–Trinajstić information content (AvgIpc) is 2.66. The van der Waals surface area contributed by atoms with Crippen LogP contribution < -0.4 is 15.4 Å². The number of ether oxygens (including phenoxy) is 2. The van der Waals surface area contributed by atoms with E-state index < -0.39 is 12.0 Å². The van der Waals surface area contributed by atoms with Gasteiger partial charge in [0.2, 0.25) is 0 Å². The first-order valence-corrected chi connectivity index (χ1v) is 8.69. The number of halogens is 1. The van der Waals surface area contributed by atoms with Gasteiger partial charge in [-0.05, 0) is 42.3 Å². The number of esters is 1. The molecule has 2 aromatic carbocycles. The third-order valence-corrected chi connectivity index (χ3v) is 4.47. The summed E-state index contributed by atoms with van der Waals surface area (Å²) in [5.74, 6) is 0.224. The lowest BCUT2D eigenvalue weighted by atomic mass is 9.95. The van der Waals surface area contributed by atoms with E-state index in [0.717, 1.165) is 16.9 Å². The summed E-state index contributed by atoms with van der Waals surface area (Å²) in [7, 11) is 1.59. The Morgan fingerprint density at radius 2 is 1.78 bits per heavy atom. The van der Waals surface area contributed by atoms with E-state index in [2.05, 4.69) is 10.6 Å². The van der Waals surface area contributed by atoms with Crippen LogP contribution in [0.25, 0.3) is 0 Å². The lowest BCUT2D eigenvalue weighted by Crippen LogP contribution is -2.45. The van der Waals surface area contributed by atoms with Crippen molar-refractivity contribution in [3.05, 3.63) is 76.0 Å². The van der Waals surface area contributed by atoms with E-state index in [1.54, 1.807) is 50.4 Å². The lowest BCUT2D eigenvalue weighted by molar-refractivity contribution is -0.140. The van der Waals surface area contributed by atoms with Crippen molar-refractivity contribution in [1.82, 2.24) is 10.6 Å². The molecule has 0 aromatic heterocycles. The quantitative estimate of drug-likeness (QED) is 0.768. The summed E-state index contributed by atoms with van der Waals surface area (Å²) in [6.07, 6.45) is 0. The Balaban J connectivity index is 1.79. The molecule has 2 N–H and O–H groups in total. The van der Waals surface area contributed by atoms with E-state index in [1.165, 1.54) is 0 Å². The Morgan fingerprint density at radius 3 is 2.41 bits per heavy atom. The molecule has 0 bridgehead atoms. The van der Waals surface area contributed by atoms with E-state index in [1.807, 2.05) is 12.1 Å². The molecule has 1 atom stereocenters. The minimum atomic E-state index is -0.612. The zero-order valence-corrected chi connectivity index (χ0v) is 15.7. The summed E-state index contributed by atoms with van der Waals surface area (Å²) < 4.78 is 10.6. The van der Waals surface area contributed by atoms with Crippen molar-refractivity contribution >= 4 is 23.6 Å². The first kappa shape index (κ1) is 18.8. The minimum absolute atomic E-state index is 0.112. The second kappa shape index (κ2) is 8.14. The summed E-state index contributed by atoms with van der Waals surface area (Å²) in [6, 6.07) is 13.2. The molecular formula is C20H19ClN2O4. The molecular weight excluding hydrogens is 368 g/mol. The topological polar surface area (TPSA) is 76.7 Å². The van der Waals surface area contributed by atoms with Crippen LogP contribution in [0.1, 0.15) is 24.1 Å². The standard InChI is InChI=1S/C20H19ClN2O4/c1-12-17(19(24)27-11-13-3-9-16(26-2)10-4-13)18(23-20(25)22-12)14-5-7-15(21)8-6-14/h3-10,18H,11H2,1-2H3,(H2,22,23,25)/t18-/m1/s1. The molecule has 2 aromatic rings. The molecule has 0 unspecified atom stereocenters. The van der Waals surface area contributed by atoms with Gasteiger partial charge in [0.05, 0.1) is 18.7 Å². The van der Waals surface area contributed by atoms with E-state index in [0.29, 0.717) is 16.3 Å². The van der Waals surface area contributed by atoms with E-state index in [9.17, 15) is 9.59 Å². The van der Waals surface area contributed by atoms with E-state index >= 15 is 0 Å². The first-order chi connectivity index (χ1) is 13.0. The van der Waals surface area contributed by atoms with Crippen molar-refractivity contribution in [3.63, 3.8) is 0 Å². The van der Waals surface area contributed by atoms with Crippen LogP contribution in [0.2, 0.25) is 5.02 Å². The van der Waals surface area contributed by atoms with Gasteiger partial charge in [-0.3, -0.25) is 0 Å². The summed E-state index contributed by atoms with van der Waals surface area (Å²) in [5.41, 5.74) is 2.38. The number of rotatable bonds is 5. The lowest BCUT2D eigenvalue weighted by Gasteiger charge is -2.28. The fraction of sp³-hybridized carbons (Fsp3) is 0.200. The summed E-state index contributed by atoms with van der Waals surface area (Å²) in [4.78, 5) is 24.6. The number of methoxy groups -OCH3 is 1. The number of amides is 2. The number of carbonyl (C=O) groups is 2. The molecule has 0 aliphatic carbocycles. The fourth-order valence-corrected chi connectivity index (χ4v) is 2.94. The normalized spacial score (nSPS) is 16.4. The number of hydrogen-bond acceptors (Lipinski definition) is 4. The zero-order chi connectivity index (χ0) is 19.4. The monoisotopic (exact) mass is 386 g/mol. The van der Waals surface area contributed by atoms with Gasteiger partial charge in [0.15, 0.2) is 0 Å². The van der Waals surface area contributed by atoms with Crippen LogP contribution in [-0.4, -0.2) is 19.1 Å². The number of allylic oxidation sites excluding steroid dienone is 1. The molecule has 3 rings (SSSR count). The highest BCUT2D eigenvalue weighted by Gasteiger charge is 2.32. The molecule has 0 radical (unpaired) electrons. The largest absolute Gasteiger partial charge is 0.497 e. The molecule has 0 saturated carbocycles. The van der Waals surface area contributed by atoms with Gasteiger partial charge in [-0.15, -0.1) is 0 Å². The number of hydrogen-bond donors (Lipinski definition) is 2.